The van der Waals surface area contributed by atoms with E-state index in [2.05, 4.69) is 18.4 Å². The van der Waals surface area contributed by atoms with Crippen molar-refractivity contribution in [2.24, 2.45) is 23.2 Å². The summed E-state index contributed by atoms with van der Waals surface area (Å²) in [6.45, 7) is 8.38. The van der Waals surface area contributed by atoms with E-state index in [-0.39, 0.29) is 35.4 Å². The molecule has 4 heteroatoms. The minimum absolute atomic E-state index is 0.0258. The highest BCUT2D eigenvalue weighted by Gasteiger charge is 2.56. The van der Waals surface area contributed by atoms with Crippen LogP contribution in [0.3, 0.4) is 0 Å². The third-order valence-corrected chi connectivity index (χ3v) is 10.0. The molecule has 0 radical (unpaired) electrons. The number of carbonyl (C=O) groups is 1. The van der Waals surface area contributed by atoms with Crippen molar-refractivity contribution in [2.45, 2.75) is 69.6 Å². The molecule has 4 fully saturated rings. The topological polar surface area (TPSA) is 49.8 Å². The Bertz CT molecular complexity index is 1080. The number of nitrogens with zero attached hydrogens (tertiary/aromatic N) is 1. The van der Waals surface area contributed by atoms with E-state index < -0.39 is 5.60 Å². The van der Waals surface area contributed by atoms with Gasteiger partial charge in [0.25, 0.3) is 0 Å². The fourth-order valence-electron chi connectivity index (χ4n) is 8.17. The molecule has 190 valence electrons. The maximum Gasteiger partial charge on any atom is 0.310 e. The van der Waals surface area contributed by atoms with Crippen LogP contribution in [0.2, 0.25) is 0 Å². The Morgan fingerprint density at radius 2 is 1.75 bits per heavy atom. The van der Waals surface area contributed by atoms with Crippen molar-refractivity contribution in [1.82, 2.24) is 4.90 Å². The molecule has 2 aromatic rings. The summed E-state index contributed by atoms with van der Waals surface area (Å²) in [5.41, 5.74) is 2.27. The fourth-order valence-corrected chi connectivity index (χ4v) is 8.17. The first-order valence-electron chi connectivity index (χ1n) is 13.9. The Balaban J connectivity index is 1.29. The summed E-state index contributed by atoms with van der Waals surface area (Å²) in [7, 11) is 0. The molecule has 2 saturated heterocycles. The van der Waals surface area contributed by atoms with Gasteiger partial charge in [0.05, 0.1) is 5.92 Å². The lowest BCUT2D eigenvalue weighted by Gasteiger charge is -2.50. The number of carbonyl (C=O) groups excluding carboxylic acids is 1. The van der Waals surface area contributed by atoms with Gasteiger partial charge in [-0.2, -0.15) is 0 Å². The molecular formula is C32H39NO3. The lowest BCUT2D eigenvalue weighted by Crippen LogP contribution is -2.51. The van der Waals surface area contributed by atoms with Crippen LogP contribution in [0.25, 0.3) is 0 Å². The number of fused-ring (bicyclic) bond motifs is 2. The Hall–Kier alpha value is -2.43. The number of aliphatic hydroxyl groups is 1. The van der Waals surface area contributed by atoms with Crippen LogP contribution in [0.4, 0.5) is 0 Å². The second-order valence-corrected chi connectivity index (χ2v) is 12.1. The smallest absolute Gasteiger partial charge is 0.310 e. The molecule has 2 heterocycles. The summed E-state index contributed by atoms with van der Waals surface area (Å²) in [5, 5.41) is 12.4. The van der Waals surface area contributed by atoms with Crippen LogP contribution in [0.5, 0.6) is 0 Å². The molecular weight excluding hydrogens is 446 g/mol. The molecule has 6 rings (SSSR count). The quantitative estimate of drug-likeness (QED) is 0.436. The number of hydrogen-bond acceptors (Lipinski definition) is 4. The second kappa shape index (κ2) is 9.15. The predicted octanol–water partition coefficient (Wildman–Crippen LogP) is 5.70. The Morgan fingerprint density at radius 1 is 1.08 bits per heavy atom. The van der Waals surface area contributed by atoms with Crippen LogP contribution in [0.15, 0.2) is 72.8 Å². The van der Waals surface area contributed by atoms with E-state index in [1.54, 1.807) is 0 Å². The van der Waals surface area contributed by atoms with E-state index in [9.17, 15) is 9.90 Å². The molecule has 2 aromatic carbocycles. The van der Waals surface area contributed by atoms with Crippen molar-refractivity contribution in [3.8, 4) is 0 Å². The molecule has 0 aromatic heterocycles. The van der Waals surface area contributed by atoms with Gasteiger partial charge in [0, 0.05) is 18.5 Å². The van der Waals surface area contributed by atoms with Crippen LogP contribution < -0.4 is 0 Å². The highest BCUT2D eigenvalue weighted by molar-refractivity contribution is 5.75. The molecule has 2 saturated carbocycles. The number of likely N-dealkylation sites (tertiary alicyclic amines) is 1. The van der Waals surface area contributed by atoms with Gasteiger partial charge in [-0.3, -0.25) is 9.69 Å². The molecule has 2 aliphatic heterocycles. The number of rotatable bonds is 5. The lowest BCUT2D eigenvalue weighted by atomic mass is 9.55. The SMILES string of the molecule is C=C1CCC[C@]2(C)C[C@H]3OC(=O)[C@H](CN4CCC[C@H]4C(O)(c4ccccc4)c4ccccc4)[C@H]3C[C@H]12. The lowest BCUT2D eigenvalue weighted by molar-refractivity contribution is -0.146. The molecule has 4 nitrogen and oxygen atoms in total. The third-order valence-electron chi connectivity index (χ3n) is 10.0. The fraction of sp³-hybridized carbons (Fsp3) is 0.531. The maximum atomic E-state index is 13.3. The molecule has 6 atom stereocenters. The van der Waals surface area contributed by atoms with Gasteiger partial charge in [-0.05, 0) is 74.0 Å². The molecule has 1 N–H and O–H groups in total. The van der Waals surface area contributed by atoms with Crippen LogP contribution in [0.1, 0.15) is 63.0 Å². The van der Waals surface area contributed by atoms with Crippen molar-refractivity contribution in [3.05, 3.63) is 83.9 Å². The van der Waals surface area contributed by atoms with E-state index in [0.29, 0.717) is 12.5 Å². The van der Waals surface area contributed by atoms with Gasteiger partial charge in [0.15, 0.2) is 0 Å². The zero-order valence-corrected chi connectivity index (χ0v) is 21.4. The van der Waals surface area contributed by atoms with Gasteiger partial charge in [0.1, 0.15) is 11.7 Å². The van der Waals surface area contributed by atoms with E-state index in [4.69, 9.17) is 4.74 Å². The van der Waals surface area contributed by atoms with Crippen LogP contribution in [-0.2, 0) is 15.1 Å². The first-order valence-corrected chi connectivity index (χ1v) is 13.9. The van der Waals surface area contributed by atoms with E-state index in [1.165, 1.54) is 18.4 Å². The van der Waals surface area contributed by atoms with Crippen molar-refractivity contribution in [3.63, 3.8) is 0 Å². The summed E-state index contributed by atoms with van der Waals surface area (Å²) in [5.74, 6) is 0.565. The third kappa shape index (κ3) is 3.85. The first kappa shape index (κ1) is 23.9. The number of allylic oxidation sites excluding steroid dienone is 1. The summed E-state index contributed by atoms with van der Waals surface area (Å²) in [6, 6.07) is 20.0. The normalized spacial score (nSPS) is 34.8. The van der Waals surface area contributed by atoms with Gasteiger partial charge in [-0.1, -0.05) is 79.7 Å². The van der Waals surface area contributed by atoms with E-state index >= 15 is 0 Å². The minimum atomic E-state index is -1.14. The largest absolute Gasteiger partial charge is 0.462 e. The van der Waals surface area contributed by atoms with E-state index in [0.717, 1.165) is 49.8 Å². The zero-order valence-electron chi connectivity index (χ0n) is 21.4. The van der Waals surface area contributed by atoms with Gasteiger partial charge in [-0.25, -0.2) is 0 Å². The summed E-state index contributed by atoms with van der Waals surface area (Å²) in [4.78, 5) is 15.7. The van der Waals surface area contributed by atoms with Crippen LogP contribution >= 0.6 is 0 Å². The average molecular weight is 486 g/mol. The highest BCUT2D eigenvalue weighted by Crippen LogP contribution is 2.57. The second-order valence-electron chi connectivity index (χ2n) is 12.1. The molecule has 4 aliphatic rings. The minimum Gasteiger partial charge on any atom is -0.462 e. The Kier molecular flexibility index (Phi) is 6.08. The van der Waals surface area contributed by atoms with Crippen molar-refractivity contribution >= 4 is 5.97 Å². The Labute approximate surface area is 215 Å². The zero-order chi connectivity index (χ0) is 24.9. The molecule has 0 amide bonds. The van der Waals surface area contributed by atoms with Gasteiger partial charge < -0.3 is 9.84 Å². The van der Waals surface area contributed by atoms with Crippen LogP contribution in [0, 0.1) is 23.2 Å². The van der Waals surface area contributed by atoms with Gasteiger partial charge >= 0.3 is 5.97 Å². The van der Waals surface area contributed by atoms with Crippen molar-refractivity contribution in [1.29, 1.82) is 0 Å². The number of hydrogen-bond donors (Lipinski definition) is 1. The summed E-state index contributed by atoms with van der Waals surface area (Å²) >= 11 is 0. The number of benzene rings is 2. The maximum absolute atomic E-state index is 13.3. The molecule has 36 heavy (non-hydrogen) atoms. The van der Waals surface area contributed by atoms with Crippen molar-refractivity contribution in [2.75, 3.05) is 13.1 Å². The standard InChI is InChI=1S/C32H39NO3/c1-22-11-9-17-31(2)20-28-25(19-27(22)31)26(30(34)36-28)21-33-18-10-16-29(33)32(35,23-12-5-3-6-13-23)24-14-7-4-8-15-24/h3-8,12-15,25-29,35H,1,9-11,16-21H2,2H3/t25-,26-,27-,28-,29+,31-/m1/s1. The van der Waals surface area contributed by atoms with Gasteiger partial charge in [0.2, 0.25) is 0 Å². The average Bonchev–Trinajstić information content (AvgIpc) is 3.47. The number of ether oxygens (including phenoxy) is 1. The Morgan fingerprint density at radius 3 is 2.42 bits per heavy atom. The van der Waals surface area contributed by atoms with Crippen molar-refractivity contribution < 1.29 is 14.6 Å². The molecule has 0 unspecified atom stereocenters. The van der Waals surface area contributed by atoms with Gasteiger partial charge in [-0.15, -0.1) is 0 Å². The monoisotopic (exact) mass is 485 g/mol. The molecule has 2 aliphatic carbocycles. The van der Waals surface area contributed by atoms with Crippen LogP contribution in [-0.4, -0.2) is 41.2 Å². The summed E-state index contributed by atoms with van der Waals surface area (Å²) in [6.07, 6.45) is 7.44. The van der Waals surface area contributed by atoms with E-state index in [1.807, 2.05) is 60.7 Å². The predicted molar refractivity (Wildman–Crippen MR) is 141 cm³/mol. The first-order chi connectivity index (χ1) is 17.4. The number of esters is 1. The summed E-state index contributed by atoms with van der Waals surface area (Å²) < 4.78 is 6.07. The molecule has 0 spiro atoms. The molecule has 0 bridgehead atoms. The highest BCUT2D eigenvalue weighted by atomic mass is 16.6.